The summed E-state index contributed by atoms with van der Waals surface area (Å²) in [5.74, 6) is 0.0245. The molecule has 2 aromatic rings. The van der Waals surface area contributed by atoms with E-state index in [0.717, 1.165) is 14.7 Å². The number of carbonyl (C=O) groups excluding carboxylic acids is 1. The molecule has 0 aliphatic carbocycles. The Hall–Kier alpha value is -0.820. The van der Waals surface area contributed by atoms with Gasteiger partial charge >= 0.3 is 0 Å². The highest BCUT2D eigenvalue weighted by Gasteiger charge is 2.27. The Morgan fingerprint density at radius 3 is 2.57 bits per heavy atom. The minimum atomic E-state index is -0.217. The molecule has 2 aromatic carbocycles. The summed E-state index contributed by atoms with van der Waals surface area (Å²) >= 11 is 14.3. The van der Waals surface area contributed by atoms with Gasteiger partial charge in [0.1, 0.15) is 6.10 Å². The molecule has 3 nitrogen and oxygen atoms in total. The first-order valence-electron chi connectivity index (χ1n) is 7.16. The Morgan fingerprint density at radius 2 is 1.87 bits per heavy atom. The second-order valence-corrected chi connectivity index (χ2v) is 7.33. The number of benzene rings is 2. The number of rotatable bonds is 2. The van der Waals surface area contributed by atoms with Crippen LogP contribution in [0.2, 0.25) is 10.0 Å². The van der Waals surface area contributed by atoms with Crippen LogP contribution in [0.4, 0.5) is 0 Å². The maximum Gasteiger partial charge on any atom is 0.255 e. The second kappa shape index (κ2) is 7.38. The summed E-state index contributed by atoms with van der Waals surface area (Å²) in [6.07, 6.45) is -0.217. The highest BCUT2D eigenvalue weighted by molar-refractivity contribution is 14.1. The summed E-state index contributed by atoms with van der Waals surface area (Å²) in [4.78, 5) is 14.6. The summed E-state index contributed by atoms with van der Waals surface area (Å²) in [6, 6.07) is 12.9. The number of carbonyl (C=O) groups is 1. The molecule has 1 heterocycles. The van der Waals surface area contributed by atoms with Crippen molar-refractivity contribution in [3.63, 3.8) is 0 Å². The Labute approximate surface area is 158 Å². The molecule has 23 heavy (non-hydrogen) atoms. The van der Waals surface area contributed by atoms with E-state index in [2.05, 4.69) is 22.6 Å². The van der Waals surface area contributed by atoms with Gasteiger partial charge in [-0.1, -0.05) is 35.3 Å². The van der Waals surface area contributed by atoms with E-state index in [4.69, 9.17) is 27.9 Å². The molecule has 0 spiro atoms. The SMILES string of the molecule is O=C(c1ccccc1I)N1CCOC(c2cc(Cl)cc(Cl)c2)C1. The van der Waals surface area contributed by atoms with Crippen molar-refractivity contribution in [2.45, 2.75) is 6.10 Å². The molecule has 120 valence electrons. The van der Waals surface area contributed by atoms with Crippen molar-refractivity contribution in [1.82, 2.24) is 4.90 Å². The molecule has 0 aromatic heterocycles. The number of hydrogen-bond acceptors (Lipinski definition) is 2. The molecule has 0 saturated carbocycles. The van der Waals surface area contributed by atoms with Crippen molar-refractivity contribution < 1.29 is 9.53 Å². The Kier molecular flexibility index (Phi) is 5.46. The predicted octanol–water partition coefficient (Wildman–Crippen LogP) is 4.81. The molecule has 1 atom stereocenters. The largest absolute Gasteiger partial charge is 0.370 e. The van der Waals surface area contributed by atoms with Crippen LogP contribution in [0.15, 0.2) is 42.5 Å². The first-order chi connectivity index (χ1) is 11.0. The molecule has 6 heteroatoms. The van der Waals surface area contributed by atoms with Crippen LogP contribution < -0.4 is 0 Å². The summed E-state index contributed by atoms with van der Waals surface area (Å²) in [5.41, 5.74) is 1.61. The van der Waals surface area contributed by atoms with Gasteiger partial charge in [0.25, 0.3) is 5.91 Å². The number of halogens is 3. The van der Waals surface area contributed by atoms with Gasteiger partial charge < -0.3 is 9.64 Å². The molecule has 1 saturated heterocycles. The van der Waals surface area contributed by atoms with Crippen molar-refractivity contribution >= 4 is 51.7 Å². The first kappa shape index (κ1) is 17.0. The molecule has 1 amide bonds. The van der Waals surface area contributed by atoms with Crippen LogP contribution >= 0.6 is 45.8 Å². The van der Waals surface area contributed by atoms with E-state index in [0.29, 0.717) is 29.7 Å². The minimum Gasteiger partial charge on any atom is -0.370 e. The molecule has 1 unspecified atom stereocenters. The van der Waals surface area contributed by atoms with Crippen LogP contribution in [-0.2, 0) is 4.74 Å². The summed E-state index contributed by atoms with van der Waals surface area (Å²) in [6.45, 7) is 1.55. The molecule has 1 aliphatic rings. The number of amides is 1. The van der Waals surface area contributed by atoms with Crippen molar-refractivity contribution in [2.24, 2.45) is 0 Å². The number of ether oxygens (including phenoxy) is 1. The molecule has 0 bridgehead atoms. The van der Waals surface area contributed by atoms with Gasteiger partial charge in [-0.3, -0.25) is 4.79 Å². The molecular formula is C17H14Cl2INO2. The maximum absolute atomic E-state index is 12.7. The lowest BCUT2D eigenvalue weighted by Gasteiger charge is -2.33. The molecule has 3 rings (SSSR count). The summed E-state index contributed by atoms with van der Waals surface area (Å²) in [7, 11) is 0. The third-order valence-electron chi connectivity index (χ3n) is 3.71. The molecule has 0 N–H and O–H groups in total. The Bertz CT molecular complexity index is 718. The molecular weight excluding hydrogens is 448 g/mol. The van der Waals surface area contributed by atoms with Crippen molar-refractivity contribution in [2.75, 3.05) is 19.7 Å². The standard InChI is InChI=1S/C17H14Cl2INO2/c18-12-7-11(8-13(19)9-12)16-10-21(5-6-23-16)17(22)14-3-1-2-4-15(14)20/h1-4,7-9,16H,5-6,10H2. The van der Waals surface area contributed by atoms with E-state index in [1.807, 2.05) is 41.3 Å². The lowest BCUT2D eigenvalue weighted by atomic mass is 10.1. The minimum absolute atomic E-state index is 0.0245. The van der Waals surface area contributed by atoms with Crippen molar-refractivity contribution in [3.05, 3.63) is 67.2 Å². The highest BCUT2D eigenvalue weighted by atomic mass is 127. The lowest BCUT2D eigenvalue weighted by molar-refractivity contribution is -0.0228. The van der Waals surface area contributed by atoms with Gasteiger partial charge in [0.05, 0.1) is 18.7 Å². The normalized spacial score (nSPS) is 18.0. The van der Waals surface area contributed by atoms with E-state index < -0.39 is 0 Å². The van der Waals surface area contributed by atoms with Gasteiger partial charge in [0.2, 0.25) is 0 Å². The van der Waals surface area contributed by atoms with Crippen LogP contribution in [0.1, 0.15) is 22.0 Å². The van der Waals surface area contributed by atoms with E-state index in [9.17, 15) is 4.79 Å². The van der Waals surface area contributed by atoms with Gasteiger partial charge in [0.15, 0.2) is 0 Å². The predicted molar refractivity (Wildman–Crippen MR) is 100 cm³/mol. The molecule has 0 radical (unpaired) electrons. The van der Waals surface area contributed by atoms with Gasteiger partial charge in [0, 0.05) is 20.2 Å². The van der Waals surface area contributed by atoms with Gasteiger partial charge in [-0.15, -0.1) is 0 Å². The van der Waals surface area contributed by atoms with Crippen LogP contribution in [0.5, 0.6) is 0 Å². The smallest absolute Gasteiger partial charge is 0.255 e. The van der Waals surface area contributed by atoms with E-state index in [1.54, 1.807) is 6.07 Å². The Morgan fingerprint density at radius 1 is 1.17 bits per heavy atom. The van der Waals surface area contributed by atoms with Gasteiger partial charge in [-0.25, -0.2) is 0 Å². The Balaban J connectivity index is 1.81. The van der Waals surface area contributed by atoms with Crippen LogP contribution in [0.25, 0.3) is 0 Å². The summed E-state index contributed by atoms with van der Waals surface area (Å²) < 4.78 is 6.76. The van der Waals surface area contributed by atoms with Crippen molar-refractivity contribution in [1.29, 1.82) is 0 Å². The fourth-order valence-corrected chi connectivity index (χ4v) is 3.76. The third-order valence-corrected chi connectivity index (χ3v) is 5.09. The fourth-order valence-electron chi connectivity index (χ4n) is 2.60. The van der Waals surface area contributed by atoms with E-state index in [1.165, 1.54) is 0 Å². The zero-order valence-corrected chi connectivity index (χ0v) is 15.8. The van der Waals surface area contributed by atoms with E-state index >= 15 is 0 Å². The number of nitrogens with zero attached hydrogens (tertiary/aromatic N) is 1. The second-order valence-electron chi connectivity index (χ2n) is 5.29. The van der Waals surface area contributed by atoms with Crippen LogP contribution in [0.3, 0.4) is 0 Å². The maximum atomic E-state index is 12.7. The zero-order chi connectivity index (χ0) is 16.4. The quantitative estimate of drug-likeness (QED) is 0.600. The number of morpholine rings is 1. The average Bonchev–Trinajstić information content (AvgIpc) is 2.54. The van der Waals surface area contributed by atoms with Crippen LogP contribution in [-0.4, -0.2) is 30.5 Å². The fraction of sp³-hybridized carbons (Fsp3) is 0.235. The zero-order valence-electron chi connectivity index (χ0n) is 12.1. The number of hydrogen-bond donors (Lipinski definition) is 0. The average molecular weight is 462 g/mol. The van der Waals surface area contributed by atoms with Crippen molar-refractivity contribution in [3.8, 4) is 0 Å². The first-order valence-corrected chi connectivity index (χ1v) is 8.99. The molecule has 1 fully saturated rings. The third kappa shape index (κ3) is 3.99. The topological polar surface area (TPSA) is 29.5 Å². The lowest BCUT2D eigenvalue weighted by Crippen LogP contribution is -2.42. The highest BCUT2D eigenvalue weighted by Crippen LogP contribution is 2.29. The van der Waals surface area contributed by atoms with Crippen LogP contribution in [0, 0.1) is 3.57 Å². The summed E-state index contributed by atoms with van der Waals surface area (Å²) in [5, 5.41) is 1.13. The monoisotopic (exact) mass is 461 g/mol. The van der Waals surface area contributed by atoms with E-state index in [-0.39, 0.29) is 12.0 Å². The van der Waals surface area contributed by atoms with Gasteiger partial charge in [-0.2, -0.15) is 0 Å². The molecule has 1 aliphatic heterocycles. The van der Waals surface area contributed by atoms with Gasteiger partial charge in [-0.05, 0) is 58.5 Å².